The number of aliphatic hydroxyl groups is 1. The largest absolute Gasteiger partial charge is 0.396 e. The third-order valence-corrected chi connectivity index (χ3v) is 3.23. The van der Waals surface area contributed by atoms with Gasteiger partial charge in [-0.3, -0.25) is 0 Å². The summed E-state index contributed by atoms with van der Waals surface area (Å²) in [7, 11) is 0. The van der Waals surface area contributed by atoms with Gasteiger partial charge in [-0.2, -0.15) is 0 Å². The molecule has 0 aliphatic rings. The smallest absolute Gasteiger partial charge is 0.107 e. The van der Waals surface area contributed by atoms with E-state index in [1.54, 1.807) is 11.3 Å². The van der Waals surface area contributed by atoms with Crippen LogP contribution in [0.5, 0.6) is 0 Å². The van der Waals surface area contributed by atoms with Crippen molar-refractivity contribution in [3.63, 3.8) is 0 Å². The Morgan fingerprint density at radius 1 is 1.50 bits per heavy atom. The van der Waals surface area contributed by atoms with E-state index in [0.717, 1.165) is 23.8 Å². The van der Waals surface area contributed by atoms with Crippen molar-refractivity contribution in [1.82, 2.24) is 10.3 Å². The zero-order valence-electron chi connectivity index (χ0n) is 9.00. The van der Waals surface area contributed by atoms with Crippen LogP contribution >= 0.6 is 11.3 Å². The van der Waals surface area contributed by atoms with Crippen LogP contribution in [-0.2, 0) is 6.54 Å². The summed E-state index contributed by atoms with van der Waals surface area (Å²) in [4.78, 5) is 5.72. The molecular formula is C10H18N2OS. The number of thiazole rings is 1. The van der Waals surface area contributed by atoms with Crippen LogP contribution in [-0.4, -0.2) is 23.2 Å². The van der Waals surface area contributed by atoms with Gasteiger partial charge in [0.05, 0.1) is 5.69 Å². The second kappa shape index (κ2) is 5.44. The molecule has 1 atom stereocenters. The second-order valence-electron chi connectivity index (χ2n) is 3.67. The van der Waals surface area contributed by atoms with Gasteiger partial charge in [0.2, 0.25) is 0 Å². The van der Waals surface area contributed by atoms with Crippen LogP contribution < -0.4 is 5.32 Å². The van der Waals surface area contributed by atoms with Crippen molar-refractivity contribution in [2.45, 2.75) is 27.3 Å². The number of aliphatic hydroxyl groups excluding tert-OH is 1. The standard InChI is InChI=1S/C10H18N2OS/c1-7(6-13)4-11-5-10-12-8(2)9(3)14-10/h7,11,13H,4-6H2,1-3H3. The lowest BCUT2D eigenvalue weighted by molar-refractivity contribution is 0.233. The summed E-state index contributed by atoms with van der Waals surface area (Å²) in [6.45, 7) is 8.03. The van der Waals surface area contributed by atoms with Gasteiger partial charge < -0.3 is 10.4 Å². The number of aryl methyl sites for hydroxylation is 2. The van der Waals surface area contributed by atoms with E-state index in [4.69, 9.17) is 5.11 Å². The summed E-state index contributed by atoms with van der Waals surface area (Å²) in [5, 5.41) is 13.2. The second-order valence-corrected chi connectivity index (χ2v) is 4.96. The zero-order chi connectivity index (χ0) is 10.6. The number of aromatic nitrogens is 1. The number of hydrogen-bond donors (Lipinski definition) is 2. The Morgan fingerprint density at radius 3 is 2.71 bits per heavy atom. The fourth-order valence-corrected chi connectivity index (χ4v) is 2.01. The highest BCUT2D eigenvalue weighted by molar-refractivity contribution is 7.11. The fourth-order valence-electron chi connectivity index (χ4n) is 1.10. The molecule has 4 heteroatoms. The maximum Gasteiger partial charge on any atom is 0.107 e. The van der Waals surface area contributed by atoms with Gasteiger partial charge in [-0.05, 0) is 19.8 Å². The number of nitrogens with one attached hydrogen (secondary N) is 1. The van der Waals surface area contributed by atoms with Crippen molar-refractivity contribution in [1.29, 1.82) is 0 Å². The van der Waals surface area contributed by atoms with Gasteiger partial charge >= 0.3 is 0 Å². The first-order chi connectivity index (χ1) is 6.63. The molecule has 1 aromatic heterocycles. The van der Waals surface area contributed by atoms with Gasteiger partial charge in [0, 0.05) is 24.6 Å². The van der Waals surface area contributed by atoms with Crippen LogP contribution in [0, 0.1) is 19.8 Å². The van der Waals surface area contributed by atoms with Gasteiger partial charge in [-0.25, -0.2) is 4.98 Å². The third kappa shape index (κ3) is 3.36. The van der Waals surface area contributed by atoms with Gasteiger partial charge in [0.25, 0.3) is 0 Å². The average Bonchev–Trinajstić information content (AvgIpc) is 2.46. The van der Waals surface area contributed by atoms with E-state index in [0.29, 0.717) is 5.92 Å². The monoisotopic (exact) mass is 214 g/mol. The molecule has 0 saturated heterocycles. The van der Waals surface area contributed by atoms with E-state index in [-0.39, 0.29) is 6.61 Å². The molecule has 0 spiro atoms. The topological polar surface area (TPSA) is 45.2 Å². The minimum Gasteiger partial charge on any atom is -0.396 e. The molecule has 0 aliphatic carbocycles. The Kier molecular flexibility index (Phi) is 4.51. The van der Waals surface area contributed by atoms with Crippen LogP contribution in [0.15, 0.2) is 0 Å². The SMILES string of the molecule is Cc1nc(CNCC(C)CO)sc1C. The summed E-state index contributed by atoms with van der Waals surface area (Å²) in [6, 6.07) is 0. The van der Waals surface area contributed by atoms with Crippen molar-refractivity contribution < 1.29 is 5.11 Å². The van der Waals surface area contributed by atoms with E-state index in [1.807, 2.05) is 13.8 Å². The van der Waals surface area contributed by atoms with Crippen molar-refractivity contribution in [2.75, 3.05) is 13.2 Å². The molecule has 0 aromatic carbocycles. The quantitative estimate of drug-likeness (QED) is 0.780. The third-order valence-electron chi connectivity index (χ3n) is 2.15. The molecule has 1 rings (SSSR count). The molecule has 3 nitrogen and oxygen atoms in total. The Bertz CT molecular complexity index is 266. The van der Waals surface area contributed by atoms with Gasteiger partial charge in [0.1, 0.15) is 5.01 Å². The lowest BCUT2D eigenvalue weighted by atomic mass is 10.2. The molecule has 0 amide bonds. The van der Waals surface area contributed by atoms with Crippen molar-refractivity contribution >= 4 is 11.3 Å². The molecule has 2 N–H and O–H groups in total. The van der Waals surface area contributed by atoms with Crippen molar-refractivity contribution in [3.8, 4) is 0 Å². The Morgan fingerprint density at radius 2 is 2.21 bits per heavy atom. The van der Waals surface area contributed by atoms with Crippen LogP contribution in [0.2, 0.25) is 0 Å². The van der Waals surface area contributed by atoms with Crippen LogP contribution in [0.25, 0.3) is 0 Å². The molecule has 0 saturated carbocycles. The first kappa shape index (κ1) is 11.6. The first-order valence-corrected chi connectivity index (χ1v) is 5.69. The molecule has 0 aliphatic heterocycles. The van der Waals surface area contributed by atoms with Crippen LogP contribution in [0.4, 0.5) is 0 Å². The van der Waals surface area contributed by atoms with Gasteiger partial charge in [-0.15, -0.1) is 11.3 Å². The zero-order valence-corrected chi connectivity index (χ0v) is 9.82. The minimum atomic E-state index is 0.239. The van der Waals surface area contributed by atoms with Gasteiger partial charge in [-0.1, -0.05) is 6.92 Å². The molecule has 0 radical (unpaired) electrons. The average molecular weight is 214 g/mol. The van der Waals surface area contributed by atoms with E-state index in [9.17, 15) is 0 Å². The van der Waals surface area contributed by atoms with Crippen molar-refractivity contribution in [3.05, 3.63) is 15.6 Å². The Labute approximate surface area is 89.2 Å². The highest BCUT2D eigenvalue weighted by Gasteiger charge is 2.04. The lowest BCUT2D eigenvalue weighted by Gasteiger charge is -2.07. The molecule has 0 bridgehead atoms. The summed E-state index contributed by atoms with van der Waals surface area (Å²) >= 11 is 1.74. The molecular weight excluding hydrogens is 196 g/mol. The molecule has 0 fully saturated rings. The van der Waals surface area contributed by atoms with E-state index >= 15 is 0 Å². The Hall–Kier alpha value is -0.450. The molecule has 1 heterocycles. The van der Waals surface area contributed by atoms with Gasteiger partial charge in [0.15, 0.2) is 0 Å². The first-order valence-electron chi connectivity index (χ1n) is 4.88. The van der Waals surface area contributed by atoms with Crippen molar-refractivity contribution in [2.24, 2.45) is 5.92 Å². The van der Waals surface area contributed by atoms with E-state index in [2.05, 4.69) is 17.2 Å². The number of nitrogens with zero attached hydrogens (tertiary/aromatic N) is 1. The van der Waals surface area contributed by atoms with Crippen LogP contribution in [0.1, 0.15) is 22.5 Å². The maximum atomic E-state index is 8.83. The van der Waals surface area contributed by atoms with Crippen LogP contribution in [0.3, 0.4) is 0 Å². The summed E-state index contributed by atoms with van der Waals surface area (Å²) in [5.41, 5.74) is 1.13. The fraction of sp³-hybridized carbons (Fsp3) is 0.700. The number of hydrogen-bond acceptors (Lipinski definition) is 4. The predicted octanol–water partition coefficient (Wildman–Crippen LogP) is 1.48. The van der Waals surface area contributed by atoms with E-state index in [1.165, 1.54) is 4.88 Å². The predicted molar refractivity (Wildman–Crippen MR) is 59.5 cm³/mol. The highest BCUT2D eigenvalue weighted by atomic mass is 32.1. The number of rotatable bonds is 5. The highest BCUT2D eigenvalue weighted by Crippen LogP contribution is 2.15. The minimum absolute atomic E-state index is 0.239. The molecule has 80 valence electrons. The molecule has 1 aromatic rings. The summed E-state index contributed by atoms with van der Waals surface area (Å²) < 4.78 is 0. The van der Waals surface area contributed by atoms with E-state index < -0.39 is 0 Å². The maximum absolute atomic E-state index is 8.83. The normalized spacial score (nSPS) is 13.1. The molecule has 1 unspecified atom stereocenters. The summed E-state index contributed by atoms with van der Waals surface area (Å²) in [6.07, 6.45) is 0. The molecule has 14 heavy (non-hydrogen) atoms. The summed E-state index contributed by atoms with van der Waals surface area (Å²) in [5.74, 6) is 0.317. The lowest BCUT2D eigenvalue weighted by Crippen LogP contribution is -2.22. The Balaban J connectivity index is 2.31.